The molecule has 1 aromatic rings. The zero-order valence-electron chi connectivity index (χ0n) is 12.5. The van der Waals surface area contributed by atoms with Gasteiger partial charge in [0.2, 0.25) is 0 Å². The summed E-state index contributed by atoms with van der Waals surface area (Å²) < 4.78 is 5.63. The molecule has 1 rings (SSSR count). The molecule has 0 spiro atoms. The van der Waals surface area contributed by atoms with E-state index in [-0.39, 0.29) is 0 Å². The summed E-state index contributed by atoms with van der Waals surface area (Å²) in [5.41, 5.74) is 1.23. The number of hydrogen-bond acceptors (Lipinski definition) is 3. The molecule has 104 valence electrons. The number of nitrogens with one attached hydrogen (secondary N) is 1. The summed E-state index contributed by atoms with van der Waals surface area (Å²) in [7, 11) is 2.17. The fraction of sp³-hybridized carbons (Fsp3) is 0.733. The van der Waals surface area contributed by atoms with Crippen LogP contribution in [0.2, 0.25) is 0 Å². The molecule has 0 amide bonds. The predicted molar refractivity (Wildman–Crippen MR) is 76.5 cm³/mol. The highest BCUT2D eigenvalue weighted by molar-refractivity contribution is 5.12. The van der Waals surface area contributed by atoms with Gasteiger partial charge in [0.15, 0.2) is 0 Å². The molecule has 1 N–H and O–H groups in total. The van der Waals surface area contributed by atoms with Crippen molar-refractivity contribution in [1.82, 2.24) is 10.2 Å². The van der Waals surface area contributed by atoms with Crippen LogP contribution in [0.25, 0.3) is 0 Å². The van der Waals surface area contributed by atoms with Gasteiger partial charge in [-0.15, -0.1) is 0 Å². The Morgan fingerprint density at radius 1 is 1.28 bits per heavy atom. The van der Waals surface area contributed by atoms with Crippen LogP contribution >= 0.6 is 0 Å². The van der Waals surface area contributed by atoms with E-state index in [1.54, 1.807) is 0 Å². The first-order chi connectivity index (χ1) is 8.56. The van der Waals surface area contributed by atoms with Gasteiger partial charge in [-0.3, -0.25) is 4.90 Å². The van der Waals surface area contributed by atoms with E-state index in [0.29, 0.717) is 12.1 Å². The average molecular weight is 252 g/mol. The smallest absolute Gasteiger partial charge is 0.118 e. The lowest BCUT2D eigenvalue weighted by Crippen LogP contribution is -2.29. The molecule has 0 saturated carbocycles. The minimum Gasteiger partial charge on any atom is -0.468 e. The standard InChI is InChI=1S/C15H28N2O/c1-6-14(7-2)17(5)10-15-8-13(11-18-15)9-16-12(3)4/h8,11-12,14,16H,6-7,9-10H2,1-5H3. The van der Waals surface area contributed by atoms with E-state index in [1.807, 2.05) is 6.26 Å². The van der Waals surface area contributed by atoms with Crippen LogP contribution in [-0.4, -0.2) is 24.0 Å². The van der Waals surface area contributed by atoms with Crippen LogP contribution in [0.15, 0.2) is 16.7 Å². The normalized spacial score (nSPS) is 12.0. The molecule has 18 heavy (non-hydrogen) atoms. The SMILES string of the molecule is CCC(CC)N(C)Cc1cc(CNC(C)C)co1. The van der Waals surface area contributed by atoms with Gasteiger partial charge in [0.1, 0.15) is 5.76 Å². The van der Waals surface area contributed by atoms with E-state index in [0.717, 1.165) is 18.8 Å². The van der Waals surface area contributed by atoms with E-state index >= 15 is 0 Å². The van der Waals surface area contributed by atoms with Gasteiger partial charge in [-0.25, -0.2) is 0 Å². The molecule has 0 fully saturated rings. The summed E-state index contributed by atoms with van der Waals surface area (Å²) in [5.74, 6) is 1.06. The first-order valence-corrected chi connectivity index (χ1v) is 7.06. The Balaban J connectivity index is 2.47. The van der Waals surface area contributed by atoms with Crippen molar-refractivity contribution in [3.8, 4) is 0 Å². The maximum Gasteiger partial charge on any atom is 0.118 e. The molecule has 0 aromatic carbocycles. The lowest BCUT2D eigenvalue weighted by molar-refractivity contribution is 0.206. The maximum atomic E-state index is 5.63. The first kappa shape index (κ1) is 15.3. The van der Waals surface area contributed by atoms with Crippen LogP contribution in [0, 0.1) is 0 Å². The summed E-state index contributed by atoms with van der Waals surface area (Å²) in [6, 6.07) is 3.32. The molecular formula is C15H28N2O. The highest BCUT2D eigenvalue weighted by atomic mass is 16.3. The van der Waals surface area contributed by atoms with Crippen molar-refractivity contribution in [2.45, 2.75) is 65.7 Å². The van der Waals surface area contributed by atoms with E-state index in [1.165, 1.54) is 18.4 Å². The molecule has 1 heterocycles. The van der Waals surface area contributed by atoms with Gasteiger partial charge in [-0.2, -0.15) is 0 Å². The topological polar surface area (TPSA) is 28.4 Å². The van der Waals surface area contributed by atoms with Crippen LogP contribution in [0.4, 0.5) is 0 Å². The van der Waals surface area contributed by atoms with Crippen LogP contribution in [0.1, 0.15) is 51.9 Å². The van der Waals surface area contributed by atoms with Crippen molar-refractivity contribution in [3.63, 3.8) is 0 Å². The monoisotopic (exact) mass is 252 g/mol. The maximum absolute atomic E-state index is 5.63. The molecular weight excluding hydrogens is 224 g/mol. The van der Waals surface area contributed by atoms with Crippen molar-refractivity contribution < 1.29 is 4.42 Å². The second kappa shape index (κ2) is 7.59. The van der Waals surface area contributed by atoms with Crippen LogP contribution in [-0.2, 0) is 13.1 Å². The largest absolute Gasteiger partial charge is 0.468 e. The molecule has 0 atom stereocenters. The summed E-state index contributed by atoms with van der Waals surface area (Å²) in [4.78, 5) is 2.37. The molecule has 0 unspecified atom stereocenters. The number of furan rings is 1. The molecule has 0 aliphatic rings. The van der Waals surface area contributed by atoms with Gasteiger partial charge in [-0.05, 0) is 26.0 Å². The minimum absolute atomic E-state index is 0.510. The van der Waals surface area contributed by atoms with Crippen LogP contribution < -0.4 is 5.32 Å². The number of hydrogen-bond donors (Lipinski definition) is 1. The van der Waals surface area contributed by atoms with Crippen LogP contribution in [0.5, 0.6) is 0 Å². The van der Waals surface area contributed by atoms with Crippen molar-refractivity contribution in [3.05, 3.63) is 23.7 Å². The molecule has 0 saturated heterocycles. The Kier molecular flexibility index (Phi) is 6.44. The molecule has 0 aliphatic carbocycles. The molecule has 0 aliphatic heterocycles. The van der Waals surface area contributed by atoms with Crippen molar-refractivity contribution >= 4 is 0 Å². The molecule has 3 nitrogen and oxygen atoms in total. The fourth-order valence-corrected chi connectivity index (χ4v) is 2.21. The average Bonchev–Trinajstić information content (AvgIpc) is 2.75. The molecule has 3 heteroatoms. The third-order valence-corrected chi connectivity index (χ3v) is 3.39. The van der Waals surface area contributed by atoms with Gasteiger partial charge < -0.3 is 9.73 Å². The van der Waals surface area contributed by atoms with Gasteiger partial charge in [-0.1, -0.05) is 27.7 Å². The van der Waals surface area contributed by atoms with Crippen LogP contribution in [0.3, 0.4) is 0 Å². The van der Waals surface area contributed by atoms with Gasteiger partial charge >= 0.3 is 0 Å². The Morgan fingerprint density at radius 3 is 2.50 bits per heavy atom. The second-order valence-electron chi connectivity index (χ2n) is 5.34. The third-order valence-electron chi connectivity index (χ3n) is 3.39. The zero-order valence-corrected chi connectivity index (χ0v) is 12.5. The second-order valence-corrected chi connectivity index (χ2v) is 5.34. The molecule has 0 bridgehead atoms. The Hall–Kier alpha value is -0.800. The summed E-state index contributed by atoms with van der Waals surface area (Å²) in [5, 5.41) is 3.40. The highest BCUT2D eigenvalue weighted by Gasteiger charge is 2.12. The quantitative estimate of drug-likeness (QED) is 0.768. The Labute approximate surface area is 112 Å². The Morgan fingerprint density at radius 2 is 1.94 bits per heavy atom. The third kappa shape index (κ3) is 4.83. The number of nitrogens with zero attached hydrogens (tertiary/aromatic N) is 1. The summed E-state index contributed by atoms with van der Waals surface area (Å²) in [6.45, 7) is 10.6. The Bertz CT molecular complexity index is 329. The lowest BCUT2D eigenvalue weighted by atomic mass is 10.1. The lowest BCUT2D eigenvalue weighted by Gasteiger charge is -2.24. The minimum atomic E-state index is 0.510. The van der Waals surface area contributed by atoms with Crippen molar-refractivity contribution in [2.75, 3.05) is 7.05 Å². The zero-order chi connectivity index (χ0) is 13.5. The fourth-order valence-electron chi connectivity index (χ4n) is 2.21. The molecule has 1 aromatic heterocycles. The highest BCUT2D eigenvalue weighted by Crippen LogP contribution is 2.14. The van der Waals surface area contributed by atoms with E-state index in [4.69, 9.17) is 4.42 Å². The van der Waals surface area contributed by atoms with E-state index in [2.05, 4.69) is 51.0 Å². The van der Waals surface area contributed by atoms with Gasteiger partial charge in [0.05, 0.1) is 12.8 Å². The van der Waals surface area contributed by atoms with Gasteiger partial charge in [0, 0.05) is 24.2 Å². The van der Waals surface area contributed by atoms with E-state index < -0.39 is 0 Å². The first-order valence-electron chi connectivity index (χ1n) is 7.06. The van der Waals surface area contributed by atoms with Crippen molar-refractivity contribution in [2.24, 2.45) is 0 Å². The van der Waals surface area contributed by atoms with Gasteiger partial charge in [0.25, 0.3) is 0 Å². The predicted octanol–water partition coefficient (Wildman–Crippen LogP) is 3.40. The molecule has 0 radical (unpaired) electrons. The van der Waals surface area contributed by atoms with E-state index in [9.17, 15) is 0 Å². The number of rotatable bonds is 8. The van der Waals surface area contributed by atoms with Crippen molar-refractivity contribution in [1.29, 1.82) is 0 Å². The summed E-state index contributed by atoms with van der Waals surface area (Å²) in [6.07, 6.45) is 4.25. The summed E-state index contributed by atoms with van der Waals surface area (Å²) >= 11 is 0.